The largest absolute Gasteiger partial charge is 0.497 e. The normalized spacial score (nSPS) is 10.2. The van der Waals surface area contributed by atoms with Crippen LogP contribution in [0.5, 0.6) is 5.75 Å². The molecule has 0 saturated heterocycles. The molecule has 0 radical (unpaired) electrons. The Morgan fingerprint density at radius 1 is 1.47 bits per heavy atom. The van der Waals surface area contributed by atoms with Crippen LogP contribution in [0.2, 0.25) is 0 Å². The highest BCUT2D eigenvalue weighted by Gasteiger charge is 2.15. The van der Waals surface area contributed by atoms with Crippen LogP contribution in [0.25, 0.3) is 0 Å². The van der Waals surface area contributed by atoms with Crippen molar-refractivity contribution < 1.29 is 18.3 Å². The van der Waals surface area contributed by atoms with Gasteiger partial charge in [-0.3, -0.25) is 4.79 Å². The summed E-state index contributed by atoms with van der Waals surface area (Å²) in [4.78, 5) is 10.7. The van der Waals surface area contributed by atoms with Gasteiger partial charge < -0.3 is 10.1 Å². The molecule has 1 aromatic carbocycles. The van der Waals surface area contributed by atoms with E-state index in [0.717, 1.165) is 0 Å². The van der Waals surface area contributed by atoms with Gasteiger partial charge >= 0.3 is 6.43 Å². The van der Waals surface area contributed by atoms with Gasteiger partial charge in [0.15, 0.2) is 0 Å². The molecule has 3 nitrogen and oxygen atoms in total. The number of alkyl halides is 2. The Hall–Kier alpha value is -1.17. The molecule has 0 unspecified atom stereocenters. The lowest BCUT2D eigenvalue weighted by atomic mass is 10.3. The first-order valence-corrected chi connectivity index (χ1v) is 4.76. The van der Waals surface area contributed by atoms with Crippen LogP contribution in [0.15, 0.2) is 22.7 Å². The predicted molar refractivity (Wildman–Crippen MR) is 55.3 cm³/mol. The third-order valence-corrected chi connectivity index (χ3v) is 2.03. The maximum atomic E-state index is 11.9. The summed E-state index contributed by atoms with van der Waals surface area (Å²) in [5.41, 5.74) is 0.256. The summed E-state index contributed by atoms with van der Waals surface area (Å²) >= 11 is 3.16. The summed E-state index contributed by atoms with van der Waals surface area (Å²) in [6, 6.07) is 4.60. The van der Waals surface area contributed by atoms with Crippen molar-refractivity contribution in [2.24, 2.45) is 0 Å². The average Bonchev–Trinajstić information content (AvgIpc) is 2.16. The zero-order chi connectivity index (χ0) is 11.4. The van der Waals surface area contributed by atoms with Crippen LogP contribution in [0.3, 0.4) is 0 Å². The average molecular weight is 280 g/mol. The fraction of sp³-hybridized carbons (Fsp3) is 0.222. The van der Waals surface area contributed by atoms with E-state index >= 15 is 0 Å². The monoisotopic (exact) mass is 279 g/mol. The van der Waals surface area contributed by atoms with E-state index in [0.29, 0.717) is 10.2 Å². The number of methoxy groups -OCH3 is 1. The first-order chi connectivity index (χ1) is 7.02. The molecular weight excluding hydrogens is 272 g/mol. The van der Waals surface area contributed by atoms with Gasteiger partial charge in [0.25, 0.3) is 5.91 Å². The van der Waals surface area contributed by atoms with Gasteiger partial charge in [-0.05, 0) is 12.1 Å². The zero-order valence-corrected chi connectivity index (χ0v) is 9.35. The molecule has 1 aromatic rings. The van der Waals surface area contributed by atoms with Crippen molar-refractivity contribution in [3.63, 3.8) is 0 Å². The molecule has 0 fully saturated rings. The molecule has 0 aliphatic rings. The lowest BCUT2D eigenvalue weighted by molar-refractivity contribution is -0.126. The van der Waals surface area contributed by atoms with Crippen LogP contribution in [-0.2, 0) is 4.79 Å². The standard InChI is InChI=1S/C9H8BrF2NO2/c1-15-7-3-5(10)2-6(4-7)13-9(14)8(11)12/h2-4,8H,1H3,(H,13,14). The van der Waals surface area contributed by atoms with Crippen LogP contribution < -0.4 is 10.1 Å². The van der Waals surface area contributed by atoms with Crippen molar-refractivity contribution in [2.75, 3.05) is 12.4 Å². The molecular formula is C9H8BrF2NO2. The molecule has 0 saturated carbocycles. The lowest BCUT2D eigenvalue weighted by Crippen LogP contribution is -2.20. The van der Waals surface area contributed by atoms with Crippen molar-refractivity contribution in [1.82, 2.24) is 0 Å². The molecule has 1 amide bonds. The summed E-state index contributed by atoms with van der Waals surface area (Å²) in [6.45, 7) is 0. The van der Waals surface area contributed by atoms with Crippen molar-refractivity contribution in [3.8, 4) is 5.75 Å². The molecule has 0 bridgehead atoms. The van der Waals surface area contributed by atoms with Crippen LogP contribution >= 0.6 is 15.9 Å². The van der Waals surface area contributed by atoms with Gasteiger partial charge in [0.1, 0.15) is 5.75 Å². The van der Waals surface area contributed by atoms with E-state index in [-0.39, 0.29) is 5.69 Å². The van der Waals surface area contributed by atoms with Crippen molar-refractivity contribution in [3.05, 3.63) is 22.7 Å². The second-order valence-corrected chi connectivity index (χ2v) is 3.59. The molecule has 0 aliphatic carbocycles. The molecule has 0 heterocycles. The van der Waals surface area contributed by atoms with Gasteiger partial charge in [-0.2, -0.15) is 8.78 Å². The number of ether oxygens (including phenoxy) is 1. The number of carbonyl (C=O) groups is 1. The Morgan fingerprint density at radius 3 is 2.67 bits per heavy atom. The number of hydrogen-bond acceptors (Lipinski definition) is 2. The summed E-state index contributed by atoms with van der Waals surface area (Å²) in [6.07, 6.45) is -3.03. The third-order valence-electron chi connectivity index (χ3n) is 1.57. The van der Waals surface area contributed by atoms with Crippen LogP contribution in [0, 0.1) is 0 Å². The van der Waals surface area contributed by atoms with Crippen LogP contribution in [0.4, 0.5) is 14.5 Å². The number of hydrogen-bond donors (Lipinski definition) is 1. The quantitative estimate of drug-likeness (QED) is 0.924. The number of halogens is 3. The Balaban J connectivity index is 2.85. The second kappa shape index (κ2) is 5.06. The summed E-state index contributed by atoms with van der Waals surface area (Å²) in [5, 5.41) is 2.06. The van der Waals surface area contributed by atoms with E-state index in [9.17, 15) is 13.6 Å². The van der Waals surface area contributed by atoms with E-state index in [1.165, 1.54) is 19.2 Å². The SMILES string of the molecule is COc1cc(Br)cc(NC(=O)C(F)F)c1. The fourth-order valence-corrected chi connectivity index (χ4v) is 1.42. The van der Waals surface area contributed by atoms with E-state index in [2.05, 4.69) is 21.2 Å². The first-order valence-electron chi connectivity index (χ1n) is 3.96. The summed E-state index contributed by atoms with van der Waals surface area (Å²) in [5.74, 6) is -0.871. The Morgan fingerprint density at radius 2 is 2.13 bits per heavy atom. The minimum atomic E-state index is -3.03. The summed E-state index contributed by atoms with van der Waals surface area (Å²) in [7, 11) is 1.44. The third kappa shape index (κ3) is 3.47. The topological polar surface area (TPSA) is 38.3 Å². The van der Waals surface area contributed by atoms with Crippen LogP contribution in [0.1, 0.15) is 0 Å². The molecule has 0 aliphatic heterocycles. The molecule has 1 N–H and O–H groups in total. The van der Waals surface area contributed by atoms with E-state index in [4.69, 9.17) is 4.74 Å². The minimum absolute atomic E-state index is 0.256. The zero-order valence-electron chi connectivity index (χ0n) is 7.76. The number of benzene rings is 1. The lowest BCUT2D eigenvalue weighted by Gasteiger charge is -2.07. The molecule has 0 atom stereocenters. The predicted octanol–water partition coefficient (Wildman–Crippen LogP) is 2.66. The van der Waals surface area contributed by atoms with Gasteiger partial charge in [-0.25, -0.2) is 0 Å². The van der Waals surface area contributed by atoms with Gasteiger partial charge in [0.05, 0.1) is 7.11 Å². The fourth-order valence-electron chi connectivity index (χ4n) is 0.950. The highest BCUT2D eigenvalue weighted by atomic mass is 79.9. The molecule has 0 spiro atoms. The van der Waals surface area contributed by atoms with Gasteiger partial charge in [0.2, 0.25) is 0 Å². The molecule has 82 valence electrons. The molecule has 15 heavy (non-hydrogen) atoms. The van der Waals surface area contributed by atoms with Crippen molar-refractivity contribution >= 4 is 27.5 Å². The first kappa shape index (κ1) is 11.9. The number of nitrogens with one attached hydrogen (secondary N) is 1. The molecule has 6 heteroatoms. The number of anilines is 1. The molecule has 0 aromatic heterocycles. The maximum Gasteiger partial charge on any atom is 0.315 e. The van der Waals surface area contributed by atoms with Gasteiger partial charge in [-0.1, -0.05) is 15.9 Å². The highest BCUT2D eigenvalue weighted by Crippen LogP contribution is 2.24. The maximum absolute atomic E-state index is 11.9. The van der Waals surface area contributed by atoms with Crippen molar-refractivity contribution in [2.45, 2.75) is 6.43 Å². The van der Waals surface area contributed by atoms with E-state index < -0.39 is 12.3 Å². The Labute approximate surface area is 93.5 Å². The Bertz CT molecular complexity index is 371. The van der Waals surface area contributed by atoms with Crippen molar-refractivity contribution in [1.29, 1.82) is 0 Å². The molecule has 1 rings (SSSR count). The van der Waals surface area contributed by atoms with E-state index in [1.807, 2.05) is 0 Å². The highest BCUT2D eigenvalue weighted by molar-refractivity contribution is 9.10. The number of amides is 1. The second-order valence-electron chi connectivity index (χ2n) is 2.67. The van der Waals surface area contributed by atoms with Gasteiger partial charge in [-0.15, -0.1) is 0 Å². The minimum Gasteiger partial charge on any atom is -0.497 e. The van der Waals surface area contributed by atoms with Gasteiger partial charge in [0, 0.05) is 16.2 Å². The smallest absolute Gasteiger partial charge is 0.315 e. The number of rotatable bonds is 3. The van der Waals surface area contributed by atoms with Crippen LogP contribution in [-0.4, -0.2) is 19.4 Å². The van der Waals surface area contributed by atoms with E-state index in [1.54, 1.807) is 6.07 Å². The Kier molecular flexibility index (Phi) is 4.02. The number of carbonyl (C=O) groups excluding carboxylic acids is 1. The summed E-state index contributed by atoms with van der Waals surface area (Å²) < 4.78 is 29.4.